The highest BCUT2D eigenvalue weighted by Crippen LogP contribution is 2.35. The fourth-order valence-electron chi connectivity index (χ4n) is 3.30. The van der Waals surface area contributed by atoms with Crippen LogP contribution in [0.3, 0.4) is 0 Å². The first-order valence-corrected chi connectivity index (χ1v) is 8.80. The summed E-state index contributed by atoms with van der Waals surface area (Å²) in [6, 6.07) is 4.09. The average Bonchev–Trinajstić information content (AvgIpc) is 2.52. The molecule has 1 saturated heterocycles. The van der Waals surface area contributed by atoms with Gasteiger partial charge in [0.1, 0.15) is 0 Å². The van der Waals surface area contributed by atoms with Crippen molar-refractivity contribution in [3.05, 3.63) is 24.3 Å². The number of nitrogens with one attached hydrogen (secondary N) is 1. The highest BCUT2D eigenvalue weighted by atomic mass is 32.2. The molecule has 0 bridgehead atoms. The molecule has 1 aliphatic carbocycles. The minimum Gasteiger partial charge on any atom is -0.399 e. The molecular formula is C14H17N3O5S. The number of imide groups is 1. The Kier molecular flexibility index (Phi) is 3.77. The molecule has 3 rings (SSSR count). The maximum Gasteiger partial charge on any atom is 0.348 e. The summed E-state index contributed by atoms with van der Waals surface area (Å²) in [6.45, 7) is 0. The van der Waals surface area contributed by atoms with Crippen molar-refractivity contribution in [2.75, 3.05) is 5.73 Å². The van der Waals surface area contributed by atoms with Crippen molar-refractivity contribution < 1.29 is 23.2 Å². The molecule has 2 fully saturated rings. The Morgan fingerprint density at radius 2 is 2.00 bits per heavy atom. The summed E-state index contributed by atoms with van der Waals surface area (Å²) in [5.41, 5.74) is 5.97. The van der Waals surface area contributed by atoms with Crippen LogP contribution >= 0.6 is 0 Å². The maximum atomic E-state index is 12.9. The standard InChI is InChI=1S/C14H17N3O5S/c15-8-3-1-4-9(7-8)23(21,22)11-6-2-5-10-12(11)16-14(19)17(20)13(10)18/h1,3-4,7,10-12,20H,2,5-6,15H2,(H,16,19). The molecular weight excluding hydrogens is 322 g/mol. The molecule has 0 spiro atoms. The Morgan fingerprint density at radius 3 is 2.70 bits per heavy atom. The number of nitrogen functional groups attached to an aromatic ring is 1. The molecule has 1 aliphatic heterocycles. The van der Waals surface area contributed by atoms with Crippen molar-refractivity contribution in [2.45, 2.75) is 35.4 Å². The van der Waals surface area contributed by atoms with E-state index in [9.17, 15) is 23.2 Å². The van der Waals surface area contributed by atoms with Gasteiger partial charge in [-0.3, -0.25) is 10.0 Å². The topological polar surface area (TPSA) is 130 Å². The van der Waals surface area contributed by atoms with E-state index in [4.69, 9.17) is 5.73 Å². The number of urea groups is 1. The Bertz CT molecular complexity index is 763. The smallest absolute Gasteiger partial charge is 0.348 e. The van der Waals surface area contributed by atoms with Gasteiger partial charge in [0, 0.05) is 5.69 Å². The number of nitrogens with two attached hydrogens (primary N) is 1. The van der Waals surface area contributed by atoms with E-state index in [1.54, 1.807) is 12.1 Å². The van der Waals surface area contributed by atoms with Crippen molar-refractivity contribution in [3.8, 4) is 0 Å². The molecule has 9 heteroatoms. The van der Waals surface area contributed by atoms with E-state index in [2.05, 4.69) is 5.32 Å². The minimum atomic E-state index is -3.77. The largest absolute Gasteiger partial charge is 0.399 e. The van der Waals surface area contributed by atoms with Crippen LogP contribution in [0, 0.1) is 5.92 Å². The molecule has 3 amide bonds. The van der Waals surface area contributed by atoms with Crippen LogP contribution in [0.25, 0.3) is 0 Å². The van der Waals surface area contributed by atoms with E-state index in [0.717, 1.165) is 0 Å². The number of benzene rings is 1. The van der Waals surface area contributed by atoms with Crippen LogP contribution < -0.4 is 11.1 Å². The molecule has 1 aromatic carbocycles. The van der Waals surface area contributed by atoms with E-state index < -0.39 is 39.0 Å². The third-order valence-corrected chi connectivity index (χ3v) is 6.67. The third kappa shape index (κ3) is 2.55. The molecule has 23 heavy (non-hydrogen) atoms. The van der Waals surface area contributed by atoms with Gasteiger partial charge >= 0.3 is 6.03 Å². The summed E-state index contributed by atoms with van der Waals surface area (Å²) in [5.74, 6) is -1.50. The van der Waals surface area contributed by atoms with Gasteiger partial charge in [-0.15, -0.1) is 5.06 Å². The highest BCUT2D eigenvalue weighted by Gasteiger charge is 2.50. The van der Waals surface area contributed by atoms with Crippen LogP contribution in [0.2, 0.25) is 0 Å². The molecule has 124 valence electrons. The number of amides is 3. The van der Waals surface area contributed by atoms with E-state index in [1.807, 2.05) is 0 Å². The van der Waals surface area contributed by atoms with Gasteiger partial charge in [0.2, 0.25) is 0 Å². The van der Waals surface area contributed by atoms with Crippen molar-refractivity contribution in [2.24, 2.45) is 5.92 Å². The predicted molar refractivity (Wildman–Crippen MR) is 80.1 cm³/mol. The number of hydroxylamine groups is 2. The third-order valence-electron chi connectivity index (χ3n) is 4.43. The zero-order chi connectivity index (χ0) is 16.8. The fraction of sp³-hybridized carbons (Fsp3) is 0.429. The second-order valence-electron chi connectivity index (χ2n) is 5.82. The van der Waals surface area contributed by atoms with Crippen molar-refractivity contribution in [1.82, 2.24) is 10.4 Å². The molecule has 3 atom stereocenters. The zero-order valence-electron chi connectivity index (χ0n) is 12.2. The number of nitrogens with zero attached hydrogens (tertiary/aromatic N) is 1. The Balaban J connectivity index is 1.99. The molecule has 8 nitrogen and oxygen atoms in total. The maximum absolute atomic E-state index is 12.9. The second-order valence-corrected chi connectivity index (χ2v) is 7.99. The van der Waals surface area contributed by atoms with Gasteiger partial charge in [-0.25, -0.2) is 13.2 Å². The van der Waals surface area contributed by atoms with Crippen LogP contribution in [0.5, 0.6) is 0 Å². The van der Waals surface area contributed by atoms with Crippen molar-refractivity contribution >= 4 is 27.5 Å². The van der Waals surface area contributed by atoms with Crippen LogP contribution in [0.4, 0.5) is 10.5 Å². The lowest BCUT2D eigenvalue weighted by atomic mass is 9.82. The van der Waals surface area contributed by atoms with Gasteiger partial charge in [-0.1, -0.05) is 12.5 Å². The van der Waals surface area contributed by atoms with Crippen LogP contribution in [-0.2, 0) is 14.6 Å². The summed E-state index contributed by atoms with van der Waals surface area (Å²) in [6.07, 6.45) is 1.27. The molecule has 3 unspecified atom stereocenters. The van der Waals surface area contributed by atoms with Gasteiger partial charge in [0.15, 0.2) is 9.84 Å². The number of fused-ring (bicyclic) bond motifs is 1. The summed E-state index contributed by atoms with van der Waals surface area (Å²) in [7, 11) is -3.77. The molecule has 0 radical (unpaired) electrons. The molecule has 0 aromatic heterocycles. The second kappa shape index (κ2) is 5.50. The summed E-state index contributed by atoms with van der Waals surface area (Å²) in [4.78, 5) is 23.8. The van der Waals surface area contributed by atoms with Crippen LogP contribution in [0.15, 0.2) is 29.2 Å². The highest BCUT2D eigenvalue weighted by molar-refractivity contribution is 7.92. The van der Waals surface area contributed by atoms with E-state index in [0.29, 0.717) is 24.9 Å². The number of hydrogen-bond acceptors (Lipinski definition) is 6. The van der Waals surface area contributed by atoms with E-state index in [1.165, 1.54) is 12.1 Å². The first-order chi connectivity index (χ1) is 10.8. The van der Waals surface area contributed by atoms with Crippen molar-refractivity contribution in [3.63, 3.8) is 0 Å². The Hall–Kier alpha value is -2.13. The molecule has 1 aromatic rings. The molecule has 1 saturated carbocycles. The normalized spacial score (nSPS) is 28.2. The van der Waals surface area contributed by atoms with Crippen LogP contribution in [0.1, 0.15) is 19.3 Å². The lowest BCUT2D eigenvalue weighted by Crippen LogP contribution is -2.64. The average molecular weight is 339 g/mol. The van der Waals surface area contributed by atoms with Gasteiger partial charge in [-0.2, -0.15) is 0 Å². The quantitative estimate of drug-likeness (QED) is 0.532. The summed E-state index contributed by atoms with van der Waals surface area (Å²) < 4.78 is 25.8. The lowest BCUT2D eigenvalue weighted by molar-refractivity contribution is -0.163. The summed E-state index contributed by atoms with van der Waals surface area (Å²) >= 11 is 0. The number of sulfone groups is 1. The number of anilines is 1. The fourth-order valence-corrected chi connectivity index (χ4v) is 5.34. The molecule has 1 heterocycles. The van der Waals surface area contributed by atoms with E-state index >= 15 is 0 Å². The predicted octanol–water partition coefficient (Wildman–Crippen LogP) is 0.521. The number of carbonyl (C=O) groups is 2. The first-order valence-electron chi connectivity index (χ1n) is 7.25. The number of rotatable bonds is 2. The van der Waals surface area contributed by atoms with Gasteiger partial charge < -0.3 is 11.1 Å². The van der Waals surface area contributed by atoms with Gasteiger partial charge in [-0.05, 0) is 31.0 Å². The monoisotopic (exact) mass is 339 g/mol. The molecule has 2 aliphatic rings. The van der Waals surface area contributed by atoms with Crippen molar-refractivity contribution in [1.29, 1.82) is 0 Å². The van der Waals surface area contributed by atoms with Crippen LogP contribution in [-0.4, -0.2) is 41.9 Å². The first kappa shape index (κ1) is 15.8. The number of hydrogen-bond donors (Lipinski definition) is 3. The minimum absolute atomic E-state index is 0.0245. The van der Waals surface area contributed by atoms with E-state index in [-0.39, 0.29) is 9.96 Å². The lowest BCUT2D eigenvalue weighted by Gasteiger charge is -2.41. The van der Waals surface area contributed by atoms with Gasteiger partial charge in [0.25, 0.3) is 5.91 Å². The Labute approximate surface area is 133 Å². The number of carbonyl (C=O) groups excluding carboxylic acids is 2. The SMILES string of the molecule is Nc1cccc(S(=O)(=O)C2CCCC3C(=O)N(O)C(=O)NC32)c1. The molecule has 4 N–H and O–H groups in total. The van der Waals surface area contributed by atoms with Gasteiger partial charge in [0.05, 0.1) is 22.1 Å². The Morgan fingerprint density at radius 1 is 1.26 bits per heavy atom. The summed E-state index contributed by atoms with van der Waals surface area (Å²) in [5, 5.41) is 11.0. The zero-order valence-corrected chi connectivity index (χ0v) is 13.0.